The summed E-state index contributed by atoms with van der Waals surface area (Å²) in [5.41, 5.74) is 2.39. The van der Waals surface area contributed by atoms with Gasteiger partial charge in [-0.3, -0.25) is 4.98 Å². The summed E-state index contributed by atoms with van der Waals surface area (Å²) in [6.07, 6.45) is 9.12. The molecule has 2 fully saturated rings. The van der Waals surface area contributed by atoms with Crippen molar-refractivity contribution < 1.29 is 0 Å². The molecule has 1 aliphatic carbocycles. The van der Waals surface area contributed by atoms with Gasteiger partial charge in [0.05, 0.1) is 17.8 Å². The predicted octanol–water partition coefficient (Wildman–Crippen LogP) is 3.82. The molecule has 0 aromatic carbocycles. The van der Waals surface area contributed by atoms with Crippen LogP contribution in [0.2, 0.25) is 0 Å². The molecule has 1 N–H and O–H groups in total. The van der Waals surface area contributed by atoms with Crippen molar-refractivity contribution in [1.82, 2.24) is 19.8 Å². The monoisotopic (exact) mass is 340 g/mol. The van der Waals surface area contributed by atoms with Crippen molar-refractivity contribution in [2.75, 3.05) is 0 Å². The highest BCUT2D eigenvalue weighted by atomic mass is 32.1. The summed E-state index contributed by atoms with van der Waals surface area (Å²) in [6, 6.07) is 11.4. The number of thiocarbonyl (C=S) groups is 1. The Morgan fingerprint density at radius 3 is 2.75 bits per heavy atom. The summed E-state index contributed by atoms with van der Waals surface area (Å²) in [7, 11) is 0. The normalized spacial score (nSPS) is 24.5. The van der Waals surface area contributed by atoms with E-state index in [0.29, 0.717) is 6.04 Å². The third-order valence-electron chi connectivity index (χ3n) is 5.36. The van der Waals surface area contributed by atoms with Crippen LogP contribution in [0.15, 0.2) is 42.7 Å². The first-order chi connectivity index (χ1) is 11.8. The van der Waals surface area contributed by atoms with E-state index in [9.17, 15) is 0 Å². The largest absolute Gasteiger partial charge is 0.352 e. The molecule has 5 heteroatoms. The zero-order valence-electron chi connectivity index (χ0n) is 14.1. The number of aromatic nitrogens is 2. The Hall–Kier alpha value is -1.88. The maximum absolute atomic E-state index is 5.76. The maximum atomic E-state index is 5.76. The topological polar surface area (TPSA) is 33.1 Å². The van der Waals surface area contributed by atoms with E-state index in [1.165, 1.54) is 31.4 Å². The van der Waals surface area contributed by atoms with E-state index in [2.05, 4.69) is 57.2 Å². The summed E-state index contributed by atoms with van der Waals surface area (Å²) < 4.78 is 2.33. The van der Waals surface area contributed by atoms with Crippen LogP contribution in [0.4, 0.5) is 0 Å². The SMILES string of the molecule is CCn1cccc1[C@H]1[C@@H](c2ccccn2)NC(=S)N1C1CCCC1. The molecule has 1 saturated carbocycles. The van der Waals surface area contributed by atoms with Gasteiger partial charge in [0.2, 0.25) is 0 Å². The van der Waals surface area contributed by atoms with Gasteiger partial charge in [0.15, 0.2) is 5.11 Å². The van der Waals surface area contributed by atoms with Gasteiger partial charge in [0.25, 0.3) is 0 Å². The third-order valence-corrected chi connectivity index (χ3v) is 5.69. The van der Waals surface area contributed by atoms with Crippen molar-refractivity contribution in [3.8, 4) is 0 Å². The molecular formula is C19H24N4S. The Labute approximate surface area is 148 Å². The van der Waals surface area contributed by atoms with Gasteiger partial charge in [-0.25, -0.2) is 0 Å². The van der Waals surface area contributed by atoms with E-state index < -0.39 is 0 Å². The molecule has 126 valence electrons. The van der Waals surface area contributed by atoms with E-state index in [0.717, 1.165) is 17.4 Å². The Bertz CT molecular complexity index is 705. The van der Waals surface area contributed by atoms with Crippen LogP contribution >= 0.6 is 12.2 Å². The van der Waals surface area contributed by atoms with Gasteiger partial charge >= 0.3 is 0 Å². The minimum Gasteiger partial charge on any atom is -0.352 e. The average molecular weight is 340 g/mol. The average Bonchev–Trinajstić information content (AvgIpc) is 3.34. The van der Waals surface area contributed by atoms with E-state index in [-0.39, 0.29) is 12.1 Å². The molecule has 2 aromatic heterocycles. The molecule has 1 saturated heterocycles. The lowest BCUT2D eigenvalue weighted by Crippen LogP contribution is -2.38. The molecule has 4 rings (SSSR count). The van der Waals surface area contributed by atoms with Gasteiger partial charge in [-0.1, -0.05) is 18.9 Å². The minimum absolute atomic E-state index is 0.111. The molecule has 24 heavy (non-hydrogen) atoms. The number of pyridine rings is 1. The zero-order valence-corrected chi connectivity index (χ0v) is 14.9. The second-order valence-corrected chi connectivity index (χ2v) is 7.08. The number of hydrogen-bond donors (Lipinski definition) is 1. The van der Waals surface area contributed by atoms with Gasteiger partial charge in [-0.15, -0.1) is 0 Å². The molecule has 0 spiro atoms. The number of nitrogens with one attached hydrogen (secondary N) is 1. The van der Waals surface area contributed by atoms with Gasteiger partial charge in [-0.05, 0) is 56.2 Å². The Kier molecular flexibility index (Phi) is 4.27. The van der Waals surface area contributed by atoms with Crippen LogP contribution in [0.1, 0.15) is 56.1 Å². The maximum Gasteiger partial charge on any atom is 0.170 e. The summed E-state index contributed by atoms with van der Waals surface area (Å²) in [5.74, 6) is 0. The molecular weight excluding hydrogens is 316 g/mol. The minimum atomic E-state index is 0.111. The Morgan fingerprint density at radius 2 is 2.04 bits per heavy atom. The first-order valence-electron chi connectivity index (χ1n) is 8.94. The highest BCUT2D eigenvalue weighted by molar-refractivity contribution is 7.80. The van der Waals surface area contributed by atoms with Gasteiger partial charge in [-0.2, -0.15) is 0 Å². The van der Waals surface area contributed by atoms with Gasteiger partial charge in [0.1, 0.15) is 0 Å². The van der Waals surface area contributed by atoms with Crippen molar-refractivity contribution in [3.63, 3.8) is 0 Å². The summed E-state index contributed by atoms with van der Waals surface area (Å²) in [5, 5.41) is 4.45. The van der Waals surface area contributed by atoms with Crippen LogP contribution in [0, 0.1) is 0 Å². The number of aryl methyl sites for hydroxylation is 1. The fourth-order valence-corrected chi connectivity index (χ4v) is 4.63. The molecule has 4 nitrogen and oxygen atoms in total. The van der Waals surface area contributed by atoms with Crippen LogP contribution < -0.4 is 5.32 Å². The Morgan fingerprint density at radius 1 is 1.21 bits per heavy atom. The molecule has 3 heterocycles. The van der Waals surface area contributed by atoms with Crippen molar-refractivity contribution >= 4 is 17.3 Å². The molecule has 2 aromatic rings. The first-order valence-corrected chi connectivity index (χ1v) is 9.35. The molecule has 0 amide bonds. The first kappa shape index (κ1) is 15.6. The fraction of sp³-hybridized carbons (Fsp3) is 0.474. The summed E-state index contributed by atoms with van der Waals surface area (Å²) in [4.78, 5) is 7.08. The number of nitrogens with zero attached hydrogens (tertiary/aromatic N) is 3. The van der Waals surface area contributed by atoms with Crippen LogP contribution in [0.5, 0.6) is 0 Å². The number of rotatable bonds is 4. The summed E-state index contributed by atoms with van der Waals surface area (Å²) >= 11 is 5.76. The second-order valence-electron chi connectivity index (χ2n) is 6.69. The third kappa shape index (κ3) is 2.61. The highest BCUT2D eigenvalue weighted by Crippen LogP contribution is 2.42. The molecule has 0 unspecified atom stereocenters. The van der Waals surface area contributed by atoms with Crippen molar-refractivity contribution in [2.45, 2.75) is 57.3 Å². The van der Waals surface area contributed by atoms with Crippen LogP contribution in [-0.2, 0) is 6.54 Å². The molecule has 0 radical (unpaired) electrons. The molecule has 2 atom stereocenters. The van der Waals surface area contributed by atoms with Crippen LogP contribution in [0.3, 0.4) is 0 Å². The quantitative estimate of drug-likeness (QED) is 0.858. The van der Waals surface area contributed by atoms with Crippen molar-refractivity contribution in [1.29, 1.82) is 0 Å². The lowest BCUT2D eigenvalue weighted by Gasteiger charge is -2.33. The smallest absolute Gasteiger partial charge is 0.170 e. The lowest BCUT2D eigenvalue weighted by molar-refractivity contribution is 0.237. The van der Waals surface area contributed by atoms with Gasteiger partial charge in [0, 0.05) is 30.7 Å². The predicted molar refractivity (Wildman–Crippen MR) is 99.7 cm³/mol. The highest BCUT2D eigenvalue weighted by Gasteiger charge is 2.44. The lowest BCUT2D eigenvalue weighted by atomic mass is 9.99. The van der Waals surface area contributed by atoms with Crippen LogP contribution in [-0.4, -0.2) is 25.6 Å². The molecule has 0 bridgehead atoms. The van der Waals surface area contributed by atoms with E-state index in [1.54, 1.807) is 0 Å². The van der Waals surface area contributed by atoms with E-state index >= 15 is 0 Å². The zero-order chi connectivity index (χ0) is 16.5. The van der Waals surface area contributed by atoms with E-state index in [4.69, 9.17) is 12.2 Å². The summed E-state index contributed by atoms with van der Waals surface area (Å²) in [6.45, 7) is 3.17. The van der Waals surface area contributed by atoms with Gasteiger partial charge < -0.3 is 14.8 Å². The Balaban J connectivity index is 1.77. The molecule has 1 aliphatic heterocycles. The van der Waals surface area contributed by atoms with Crippen molar-refractivity contribution in [2.24, 2.45) is 0 Å². The van der Waals surface area contributed by atoms with E-state index in [1.807, 2.05) is 12.3 Å². The second kappa shape index (κ2) is 6.55. The molecule has 2 aliphatic rings. The fourth-order valence-electron chi connectivity index (χ4n) is 4.24. The number of hydrogen-bond acceptors (Lipinski definition) is 2. The van der Waals surface area contributed by atoms with Crippen molar-refractivity contribution in [3.05, 3.63) is 54.1 Å². The standard InChI is InChI=1S/C19H24N4S/c1-2-22-13-7-11-16(22)18-17(15-10-5-6-12-20-15)21-19(24)23(18)14-8-3-4-9-14/h5-7,10-14,17-18H,2-4,8-9H2,1H3,(H,21,24)/t17-,18+/m1/s1. The van der Waals surface area contributed by atoms with Crippen LogP contribution in [0.25, 0.3) is 0 Å².